The number of nitrogens with zero attached hydrogens (tertiary/aromatic N) is 5. The molecule has 1 atom stereocenters. The van der Waals surface area contributed by atoms with E-state index in [2.05, 4.69) is 20.9 Å². The molecule has 0 amide bonds. The fourth-order valence-electron chi connectivity index (χ4n) is 4.00. The Bertz CT molecular complexity index is 1580. The second kappa shape index (κ2) is 7.61. The Morgan fingerprint density at radius 3 is 2.38 bits per heavy atom. The number of hydrogen-bond donors (Lipinski definition) is 1. The maximum absolute atomic E-state index is 12.9. The Balaban J connectivity index is 1.80. The third-order valence-corrected chi connectivity index (χ3v) is 6.26. The van der Waals surface area contributed by atoms with Crippen LogP contribution in [0.2, 0.25) is 0 Å². The smallest absolute Gasteiger partial charge is 0.332 e. The van der Waals surface area contributed by atoms with Gasteiger partial charge in [-0.1, -0.05) is 58.4 Å². The minimum atomic E-state index is -0.784. The fourth-order valence-corrected chi connectivity index (χ4v) is 4.26. The topological polar surface area (TPSA) is 86.5 Å². The van der Waals surface area contributed by atoms with Crippen LogP contribution in [0.15, 0.2) is 74.9 Å². The number of hydrogen-bond acceptors (Lipinski definition) is 4. The van der Waals surface area contributed by atoms with Gasteiger partial charge in [0.15, 0.2) is 11.2 Å². The van der Waals surface area contributed by atoms with Crippen molar-refractivity contribution in [2.24, 2.45) is 14.1 Å². The van der Waals surface area contributed by atoms with E-state index in [0.717, 1.165) is 25.9 Å². The van der Waals surface area contributed by atoms with Crippen molar-refractivity contribution in [3.63, 3.8) is 0 Å². The van der Waals surface area contributed by atoms with Crippen LogP contribution >= 0.6 is 15.9 Å². The molecule has 162 valence electrons. The van der Waals surface area contributed by atoms with E-state index < -0.39 is 17.4 Å². The molecular weight excluding hydrogens is 474 g/mol. The van der Waals surface area contributed by atoms with Gasteiger partial charge in [-0.3, -0.25) is 18.3 Å². The van der Waals surface area contributed by atoms with Crippen LogP contribution in [-0.4, -0.2) is 28.2 Å². The molecule has 0 saturated carbocycles. The van der Waals surface area contributed by atoms with Crippen molar-refractivity contribution in [1.29, 1.82) is 0 Å². The van der Waals surface area contributed by atoms with Crippen LogP contribution in [0.3, 0.4) is 0 Å². The lowest BCUT2D eigenvalue weighted by molar-refractivity contribution is 0.158. The van der Waals surface area contributed by atoms with Gasteiger partial charge in [0.05, 0.1) is 18.3 Å². The van der Waals surface area contributed by atoms with Gasteiger partial charge in [0, 0.05) is 24.8 Å². The van der Waals surface area contributed by atoms with E-state index >= 15 is 0 Å². The van der Waals surface area contributed by atoms with Crippen molar-refractivity contribution in [3.05, 3.63) is 91.7 Å². The molecule has 0 aliphatic carbocycles. The van der Waals surface area contributed by atoms with Gasteiger partial charge in [0.25, 0.3) is 5.56 Å². The Kier molecular flexibility index (Phi) is 4.87. The zero-order chi connectivity index (χ0) is 22.6. The number of imidazole rings is 2. The molecule has 0 aliphatic rings. The highest BCUT2D eigenvalue weighted by Crippen LogP contribution is 2.28. The molecule has 5 aromatic rings. The maximum atomic E-state index is 12.9. The molecule has 0 bridgehead atoms. The lowest BCUT2D eigenvalue weighted by Gasteiger charge is -2.15. The summed E-state index contributed by atoms with van der Waals surface area (Å²) in [5.41, 5.74) is 2.25. The molecule has 5 rings (SSSR count). The van der Waals surface area contributed by atoms with E-state index in [1.807, 2.05) is 65.4 Å². The van der Waals surface area contributed by atoms with Gasteiger partial charge < -0.3 is 9.67 Å². The molecule has 0 fully saturated rings. The van der Waals surface area contributed by atoms with E-state index in [4.69, 9.17) is 0 Å². The second-order valence-electron chi connectivity index (χ2n) is 7.72. The molecule has 0 unspecified atom stereocenters. The van der Waals surface area contributed by atoms with Crippen LogP contribution < -0.4 is 11.2 Å². The van der Waals surface area contributed by atoms with Crippen molar-refractivity contribution >= 4 is 32.9 Å². The zero-order valence-corrected chi connectivity index (χ0v) is 19.0. The number of aliphatic hydroxyl groups excluding tert-OH is 1. The van der Waals surface area contributed by atoms with Crippen molar-refractivity contribution in [2.45, 2.75) is 12.6 Å². The average Bonchev–Trinajstić information content (AvgIpc) is 3.34. The number of halogens is 1. The summed E-state index contributed by atoms with van der Waals surface area (Å²) in [5.74, 6) is 0.478. The van der Waals surface area contributed by atoms with Crippen molar-refractivity contribution in [2.75, 3.05) is 0 Å². The van der Waals surface area contributed by atoms with E-state index in [-0.39, 0.29) is 6.54 Å². The molecule has 2 aromatic carbocycles. The minimum Gasteiger partial charge on any atom is -0.387 e. The predicted octanol–water partition coefficient (Wildman–Crippen LogP) is 2.85. The highest BCUT2D eigenvalue weighted by atomic mass is 79.9. The highest BCUT2D eigenvalue weighted by molar-refractivity contribution is 9.10. The molecule has 0 radical (unpaired) electrons. The zero-order valence-electron chi connectivity index (χ0n) is 17.4. The number of aliphatic hydroxyl groups is 1. The van der Waals surface area contributed by atoms with E-state index in [1.54, 1.807) is 11.4 Å². The summed E-state index contributed by atoms with van der Waals surface area (Å²) in [6.07, 6.45) is 1.05. The van der Waals surface area contributed by atoms with Gasteiger partial charge in [-0.15, -0.1) is 0 Å². The van der Waals surface area contributed by atoms with Crippen LogP contribution in [0.4, 0.5) is 0 Å². The van der Waals surface area contributed by atoms with Crippen LogP contribution in [-0.2, 0) is 20.6 Å². The molecule has 1 N–H and O–H groups in total. The summed E-state index contributed by atoms with van der Waals surface area (Å²) in [4.78, 5) is 30.0. The van der Waals surface area contributed by atoms with Crippen molar-refractivity contribution in [1.82, 2.24) is 23.1 Å². The largest absolute Gasteiger partial charge is 0.387 e. The molecule has 3 aromatic heterocycles. The number of aromatic nitrogens is 5. The van der Waals surface area contributed by atoms with E-state index in [0.29, 0.717) is 16.9 Å². The number of rotatable bonds is 4. The maximum Gasteiger partial charge on any atom is 0.332 e. The molecule has 9 heteroatoms. The average molecular weight is 494 g/mol. The molecule has 0 spiro atoms. The van der Waals surface area contributed by atoms with Gasteiger partial charge in [-0.2, -0.15) is 4.98 Å². The lowest BCUT2D eigenvalue weighted by Crippen LogP contribution is -2.37. The molecular formula is C23H20BrN5O3. The quantitative estimate of drug-likeness (QED) is 0.417. The first-order valence-corrected chi connectivity index (χ1v) is 10.8. The van der Waals surface area contributed by atoms with Gasteiger partial charge >= 0.3 is 5.69 Å². The van der Waals surface area contributed by atoms with Crippen molar-refractivity contribution in [3.8, 4) is 11.3 Å². The Labute approximate surface area is 190 Å². The lowest BCUT2D eigenvalue weighted by atomic mass is 10.1. The van der Waals surface area contributed by atoms with Crippen LogP contribution in [0.1, 0.15) is 11.7 Å². The first-order valence-electron chi connectivity index (χ1n) is 10.0. The van der Waals surface area contributed by atoms with Crippen LogP contribution in [0, 0.1) is 0 Å². The molecule has 3 heterocycles. The summed E-state index contributed by atoms with van der Waals surface area (Å²) in [5, 5.41) is 11.0. The van der Waals surface area contributed by atoms with E-state index in [1.165, 1.54) is 11.6 Å². The summed E-state index contributed by atoms with van der Waals surface area (Å²) < 4.78 is 6.96. The Hall–Kier alpha value is -3.43. The molecule has 0 saturated heterocycles. The van der Waals surface area contributed by atoms with Crippen LogP contribution in [0.5, 0.6) is 0 Å². The number of fused-ring (bicyclic) bond motifs is 3. The number of benzene rings is 2. The van der Waals surface area contributed by atoms with Gasteiger partial charge in [-0.05, 0) is 23.3 Å². The first kappa shape index (κ1) is 20.5. The first-order chi connectivity index (χ1) is 15.4. The third-order valence-electron chi connectivity index (χ3n) is 5.74. The van der Waals surface area contributed by atoms with Gasteiger partial charge in [0.2, 0.25) is 5.78 Å². The minimum absolute atomic E-state index is 0.226. The summed E-state index contributed by atoms with van der Waals surface area (Å²) in [6.45, 7) is 0.226. The summed E-state index contributed by atoms with van der Waals surface area (Å²) in [6, 6.07) is 17.2. The van der Waals surface area contributed by atoms with Gasteiger partial charge in [-0.25, -0.2) is 4.79 Å². The monoisotopic (exact) mass is 493 g/mol. The summed E-state index contributed by atoms with van der Waals surface area (Å²) in [7, 11) is 3.05. The SMILES string of the molecule is Cn1c(=O)c2c(nc3n(C[C@H](O)c4ccccc4)c(-c4ccc(Br)cc4)cn23)n(C)c1=O. The second-order valence-corrected chi connectivity index (χ2v) is 8.63. The van der Waals surface area contributed by atoms with E-state index in [9.17, 15) is 14.7 Å². The predicted molar refractivity (Wildman–Crippen MR) is 126 cm³/mol. The van der Waals surface area contributed by atoms with Gasteiger partial charge in [0.1, 0.15) is 0 Å². The normalized spacial score (nSPS) is 12.6. The molecule has 32 heavy (non-hydrogen) atoms. The fraction of sp³-hybridized carbons (Fsp3) is 0.174. The molecule has 8 nitrogen and oxygen atoms in total. The Morgan fingerprint density at radius 1 is 1.00 bits per heavy atom. The van der Waals surface area contributed by atoms with Crippen LogP contribution in [0.25, 0.3) is 28.2 Å². The standard InChI is InChI=1S/C23H20BrN5O3/c1-26-20-19(21(31)27(2)23(26)32)29-12-17(14-8-10-16(24)11-9-14)28(22(29)25-20)13-18(30)15-6-4-3-5-7-15/h3-12,18,30H,13H2,1-2H3/t18-/m0/s1. The highest BCUT2D eigenvalue weighted by Gasteiger charge is 2.22. The molecule has 0 aliphatic heterocycles. The van der Waals surface area contributed by atoms with Crippen molar-refractivity contribution < 1.29 is 5.11 Å². The third kappa shape index (κ3) is 3.12. The summed E-state index contributed by atoms with van der Waals surface area (Å²) >= 11 is 3.46. The number of aryl methyl sites for hydroxylation is 1. The Morgan fingerprint density at radius 2 is 1.69 bits per heavy atom.